The van der Waals surface area contributed by atoms with Crippen molar-refractivity contribution in [3.05, 3.63) is 41.9 Å². The molecule has 0 atom stereocenters. The summed E-state index contributed by atoms with van der Waals surface area (Å²) in [5, 5.41) is 0. The number of nitrogens with one attached hydrogen (secondary N) is 1. The number of hydrogen-bond acceptors (Lipinski definition) is 3. The van der Waals surface area contributed by atoms with Crippen molar-refractivity contribution in [3.8, 4) is 11.3 Å². The number of H-pyrrole nitrogens is 1. The Hall–Kier alpha value is -2.10. The molecule has 0 saturated carbocycles. The smallest absolute Gasteiger partial charge is 0.337 e. The van der Waals surface area contributed by atoms with Crippen molar-refractivity contribution in [1.82, 2.24) is 9.97 Å². The molecular weight excluding hydrogens is 204 g/mol. The van der Waals surface area contributed by atoms with Crippen LogP contribution in [-0.4, -0.2) is 23.0 Å². The summed E-state index contributed by atoms with van der Waals surface area (Å²) < 4.78 is 4.63. The van der Waals surface area contributed by atoms with Crippen LogP contribution in [0, 0.1) is 6.92 Å². The summed E-state index contributed by atoms with van der Waals surface area (Å²) >= 11 is 0. The average molecular weight is 216 g/mol. The van der Waals surface area contributed by atoms with Gasteiger partial charge in [-0.15, -0.1) is 0 Å². The topological polar surface area (TPSA) is 55.0 Å². The summed E-state index contributed by atoms with van der Waals surface area (Å²) in [5.74, 6) is 0.541. The minimum Gasteiger partial charge on any atom is -0.465 e. The van der Waals surface area contributed by atoms with Gasteiger partial charge in [0.15, 0.2) is 0 Å². The zero-order valence-electron chi connectivity index (χ0n) is 9.15. The largest absolute Gasteiger partial charge is 0.465 e. The summed E-state index contributed by atoms with van der Waals surface area (Å²) in [6.07, 6.45) is 1.77. The van der Waals surface area contributed by atoms with E-state index < -0.39 is 0 Å². The Bertz CT molecular complexity index is 500. The highest BCUT2D eigenvalue weighted by Gasteiger charge is 2.05. The SMILES string of the molecule is COC(=O)c1ccc(-c2cnc(C)[nH]2)cc1. The van der Waals surface area contributed by atoms with Crippen LogP contribution in [0.15, 0.2) is 30.5 Å². The highest BCUT2D eigenvalue weighted by Crippen LogP contribution is 2.17. The second-order valence-corrected chi connectivity index (χ2v) is 3.45. The number of esters is 1. The maximum Gasteiger partial charge on any atom is 0.337 e. The number of aryl methyl sites for hydroxylation is 1. The van der Waals surface area contributed by atoms with Crippen molar-refractivity contribution in [3.63, 3.8) is 0 Å². The molecule has 82 valence electrons. The first-order valence-electron chi connectivity index (χ1n) is 4.91. The van der Waals surface area contributed by atoms with Gasteiger partial charge in [-0.1, -0.05) is 12.1 Å². The average Bonchev–Trinajstić information content (AvgIpc) is 2.75. The van der Waals surface area contributed by atoms with Crippen LogP contribution in [-0.2, 0) is 4.74 Å². The minimum absolute atomic E-state index is 0.327. The zero-order chi connectivity index (χ0) is 11.5. The van der Waals surface area contributed by atoms with E-state index in [2.05, 4.69) is 14.7 Å². The summed E-state index contributed by atoms with van der Waals surface area (Å²) in [5.41, 5.74) is 2.48. The molecule has 16 heavy (non-hydrogen) atoms. The predicted molar refractivity (Wildman–Crippen MR) is 60.1 cm³/mol. The molecule has 4 heteroatoms. The van der Waals surface area contributed by atoms with Gasteiger partial charge in [0.25, 0.3) is 0 Å². The molecule has 0 fully saturated rings. The zero-order valence-corrected chi connectivity index (χ0v) is 9.15. The van der Waals surface area contributed by atoms with E-state index >= 15 is 0 Å². The number of carbonyl (C=O) groups excluding carboxylic acids is 1. The summed E-state index contributed by atoms with van der Waals surface area (Å²) in [4.78, 5) is 18.5. The Balaban J connectivity index is 2.29. The van der Waals surface area contributed by atoms with E-state index in [4.69, 9.17) is 0 Å². The molecular formula is C12H12N2O2. The second-order valence-electron chi connectivity index (χ2n) is 3.45. The van der Waals surface area contributed by atoms with E-state index in [1.54, 1.807) is 18.3 Å². The maximum absolute atomic E-state index is 11.2. The van der Waals surface area contributed by atoms with Gasteiger partial charge in [-0.25, -0.2) is 9.78 Å². The summed E-state index contributed by atoms with van der Waals surface area (Å²) in [7, 11) is 1.37. The van der Waals surface area contributed by atoms with Gasteiger partial charge >= 0.3 is 5.97 Å². The fraction of sp³-hybridized carbons (Fsp3) is 0.167. The van der Waals surface area contributed by atoms with Crippen molar-refractivity contribution in [2.75, 3.05) is 7.11 Å². The highest BCUT2D eigenvalue weighted by atomic mass is 16.5. The van der Waals surface area contributed by atoms with E-state index in [9.17, 15) is 4.79 Å². The molecule has 2 rings (SSSR count). The van der Waals surface area contributed by atoms with Crippen LogP contribution in [0.3, 0.4) is 0 Å². The lowest BCUT2D eigenvalue weighted by molar-refractivity contribution is 0.0601. The third-order valence-electron chi connectivity index (χ3n) is 2.32. The van der Waals surface area contributed by atoms with Crippen LogP contribution < -0.4 is 0 Å². The van der Waals surface area contributed by atoms with E-state index in [1.807, 2.05) is 19.1 Å². The normalized spacial score (nSPS) is 10.1. The molecule has 1 aromatic heterocycles. The Morgan fingerprint density at radius 3 is 2.50 bits per heavy atom. The third-order valence-corrected chi connectivity index (χ3v) is 2.32. The second kappa shape index (κ2) is 4.18. The molecule has 1 aromatic carbocycles. The van der Waals surface area contributed by atoms with Gasteiger partial charge in [0.1, 0.15) is 5.82 Å². The first-order valence-corrected chi connectivity index (χ1v) is 4.91. The van der Waals surface area contributed by atoms with Crippen LogP contribution in [0.5, 0.6) is 0 Å². The van der Waals surface area contributed by atoms with Gasteiger partial charge < -0.3 is 9.72 Å². The summed E-state index contributed by atoms with van der Waals surface area (Å²) in [6, 6.07) is 7.19. The fourth-order valence-corrected chi connectivity index (χ4v) is 1.47. The van der Waals surface area contributed by atoms with Gasteiger partial charge in [0.2, 0.25) is 0 Å². The van der Waals surface area contributed by atoms with Gasteiger partial charge in [-0.05, 0) is 24.6 Å². The van der Waals surface area contributed by atoms with Crippen molar-refractivity contribution < 1.29 is 9.53 Å². The number of aromatic nitrogens is 2. The standard InChI is InChI=1S/C12H12N2O2/c1-8-13-7-11(14-8)9-3-5-10(6-4-9)12(15)16-2/h3-7H,1-2H3,(H,13,14). The number of carbonyl (C=O) groups is 1. The highest BCUT2D eigenvalue weighted by molar-refractivity contribution is 5.89. The molecule has 0 radical (unpaired) electrons. The number of hydrogen-bond donors (Lipinski definition) is 1. The molecule has 0 bridgehead atoms. The van der Waals surface area contributed by atoms with Crippen molar-refractivity contribution in [1.29, 1.82) is 0 Å². The number of methoxy groups -OCH3 is 1. The Labute approximate surface area is 93.3 Å². The quantitative estimate of drug-likeness (QED) is 0.783. The first kappa shape index (κ1) is 10.4. The van der Waals surface area contributed by atoms with Crippen LogP contribution in [0.2, 0.25) is 0 Å². The molecule has 1 heterocycles. The number of rotatable bonds is 2. The minimum atomic E-state index is -0.327. The third kappa shape index (κ3) is 1.95. The molecule has 1 N–H and O–H groups in total. The number of aromatic amines is 1. The number of benzene rings is 1. The van der Waals surface area contributed by atoms with Crippen molar-refractivity contribution in [2.45, 2.75) is 6.92 Å². The number of ether oxygens (including phenoxy) is 1. The van der Waals surface area contributed by atoms with Gasteiger partial charge in [-0.2, -0.15) is 0 Å². The lowest BCUT2D eigenvalue weighted by Gasteiger charge is -2.00. The number of nitrogens with zero attached hydrogens (tertiary/aromatic N) is 1. The Kier molecular flexibility index (Phi) is 2.72. The van der Waals surface area contributed by atoms with Crippen LogP contribution in [0.25, 0.3) is 11.3 Å². The molecule has 0 saturated heterocycles. The van der Waals surface area contributed by atoms with Gasteiger partial charge in [-0.3, -0.25) is 0 Å². The lowest BCUT2D eigenvalue weighted by atomic mass is 10.1. The molecule has 0 aliphatic rings. The predicted octanol–water partition coefficient (Wildman–Crippen LogP) is 2.17. The molecule has 2 aromatic rings. The summed E-state index contributed by atoms with van der Waals surface area (Å²) in [6.45, 7) is 1.90. The Morgan fingerprint density at radius 2 is 2.00 bits per heavy atom. The Morgan fingerprint density at radius 1 is 1.31 bits per heavy atom. The van der Waals surface area contributed by atoms with E-state index in [0.29, 0.717) is 5.56 Å². The molecule has 0 amide bonds. The van der Waals surface area contributed by atoms with Crippen LogP contribution in [0.1, 0.15) is 16.2 Å². The molecule has 0 aliphatic carbocycles. The first-order chi connectivity index (χ1) is 7.70. The van der Waals surface area contributed by atoms with E-state index in [0.717, 1.165) is 17.1 Å². The monoisotopic (exact) mass is 216 g/mol. The van der Waals surface area contributed by atoms with Gasteiger partial charge in [0.05, 0.1) is 24.6 Å². The van der Waals surface area contributed by atoms with Gasteiger partial charge in [0, 0.05) is 0 Å². The van der Waals surface area contributed by atoms with Crippen molar-refractivity contribution >= 4 is 5.97 Å². The van der Waals surface area contributed by atoms with Crippen molar-refractivity contribution in [2.24, 2.45) is 0 Å². The van der Waals surface area contributed by atoms with E-state index in [-0.39, 0.29) is 5.97 Å². The molecule has 0 aliphatic heterocycles. The van der Waals surface area contributed by atoms with E-state index in [1.165, 1.54) is 7.11 Å². The molecule has 4 nitrogen and oxygen atoms in total. The number of imidazole rings is 1. The van der Waals surface area contributed by atoms with Crippen LogP contribution in [0.4, 0.5) is 0 Å². The fourth-order valence-electron chi connectivity index (χ4n) is 1.47. The lowest BCUT2D eigenvalue weighted by Crippen LogP contribution is -2.00. The molecule has 0 unspecified atom stereocenters. The van der Waals surface area contributed by atoms with Crippen LogP contribution >= 0.6 is 0 Å². The molecule has 0 spiro atoms. The maximum atomic E-state index is 11.2.